The number of carboxylic acid groups (broad SMARTS) is 1. The van der Waals surface area contributed by atoms with Gasteiger partial charge >= 0.3 is 5.97 Å². The Labute approximate surface area is 211 Å². The quantitative estimate of drug-likeness (QED) is 0.355. The Hall–Kier alpha value is -4.29. The first-order chi connectivity index (χ1) is 17.7. The van der Waals surface area contributed by atoms with Crippen molar-refractivity contribution >= 4 is 41.4 Å². The molecule has 2 atom stereocenters. The Kier molecular flexibility index (Phi) is 7.50. The summed E-state index contributed by atoms with van der Waals surface area (Å²) >= 11 is 0. The average molecular weight is 514 g/mol. The maximum absolute atomic E-state index is 13.0. The van der Waals surface area contributed by atoms with Crippen LogP contribution in [0, 0.1) is 0 Å². The molecule has 0 aromatic heterocycles. The van der Waals surface area contributed by atoms with Crippen molar-refractivity contribution in [3.05, 3.63) is 35.4 Å². The number of rotatable bonds is 8. The first-order valence-corrected chi connectivity index (χ1v) is 12.0. The second-order valence-electron chi connectivity index (χ2n) is 9.06. The largest absolute Gasteiger partial charge is 0.480 e. The molecule has 0 saturated carbocycles. The van der Waals surface area contributed by atoms with Crippen molar-refractivity contribution in [1.82, 2.24) is 25.3 Å². The highest BCUT2D eigenvalue weighted by molar-refractivity contribution is 6.22. The molecule has 13 nitrogen and oxygen atoms in total. The molecule has 6 amide bonds. The summed E-state index contributed by atoms with van der Waals surface area (Å²) < 4.78 is 0. The van der Waals surface area contributed by atoms with Gasteiger partial charge in [-0.2, -0.15) is 0 Å². The third kappa shape index (κ3) is 5.29. The van der Waals surface area contributed by atoms with E-state index in [9.17, 15) is 33.6 Å². The minimum atomic E-state index is -1.20. The van der Waals surface area contributed by atoms with E-state index < -0.39 is 73.1 Å². The second kappa shape index (κ2) is 10.8. The zero-order chi connectivity index (χ0) is 26.7. The lowest BCUT2D eigenvalue weighted by atomic mass is 10.1. The molecule has 3 heterocycles. The number of nitrogens with one attached hydrogen (secondary N) is 2. The van der Waals surface area contributed by atoms with Crippen molar-refractivity contribution in [3.63, 3.8) is 0 Å². The van der Waals surface area contributed by atoms with Crippen LogP contribution in [-0.4, -0.2) is 106 Å². The Balaban J connectivity index is 1.31. The monoisotopic (exact) mass is 513 g/mol. The third-order valence-corrected chi connectivity index (χ3v) is 6.75. The summed E-state index contributed by atoms with van der Waals surface area (Å²) in [5.74, 6) is -4.49. The standard InChI is InChI=1S/C24H27N5O8/c30-18(27-9-3-7-16(27)22(35)26-12-20(32)33)11-25-21(34)17-8-4-10-28(17)19(31)13-29-23(36)14-5-1-2-6-15(14)24(29)37/h1-2,5-6,16-17H,3-4,7-13H2,(H,25,34)(H,26,35)(H,32,33)/t16-,17-/m0/s1. The van der Waals surface area contributed by atoms with Gasteiger partial charge in [0.15, 0.2) is 0 Å². The molecule has 3 aliphatic heterocycles. The van der Waals surface area contributed by atoms with Gasteiger partial charge in [0, 0.05) is 13.1 Å². The summed E-state index contributed by atoms with van der Waals surface area (Å²) in [6.07, 6.45) is 1.84. The van der Waals surface area contributed by atoms with Gasteiger partial charge in [-0.1, -0.05) is 12.1 Å². The smallest absolute Gasteiger partial charge is 0.322 e. The van der Waals surface area contributed by atoms with Gasteiger partial charge in [0.2, 0.25) is 23.6 Å². The fraction of sp³-hybridized carbons (Fsp3) is 0.458. The molecule has 2 saturated heterocycles. The summed E-state index contributed by atoms with van der Waals surface area (Å²) in [5, 5.41) is 13.5. The maximum Gasteiger partial charge on any atom is 0.322 e. The number of carbonyl (C=O) groups is 7. The number of hydrogen-bond donors (Lipinski definition) is 3. The van der Waals surface area contributed by atoms with Crippen molar-refractivity contribution in [3.8, 4) is 0 Å². The number of likely N-dealkylation sites (tertiary alicyclic amines) is 2. The maximum atomic E-state index is 13.0. The van der Waals surface area contributed by atoms with Crippen LogP contribution in [-0.2, 0) is 24.0 Å². The van der Waals surface area contributed by atoms with Gasteiger partial charge in [-0.3, -0.25) is 38.5 Å². The number of hydrogen-bond acceptors (Lipinski definition) is 7. The van der Waals surface area contributed by atoms with E-state index in [4.69, 9.17) is 5.11 Å². The lowest BCUT2D eigenvalue weighted by Crippen LogP contribution is -2.53. The highest BCUT2D eigenvalue weighted by atomic mass is 16.4. The van der Waals surface area contributed by atoms with Crippen molar-refractivity contribution in [1.29, 1.82) is 0 Å². The van der Waals surface area contributed by atoms with Crippen molar-refractivity contribution in [2.24, 2.45) is 0 Å². The third-order valence-electron chi connectivity index (χ3n) is 6.75. The molecule has 3 aliphatic rings. The van der Waals surface area contributed by atoms with E-state index in [2.05, 4.69) is 10.6 Å². The minimum absolute atomic E-state index is 0.228. The fourth-order valence-corrected chi connectivity index (χ4v) is 4.95. The van der Waals surface area contributed by atoms with Gasteiger partial charge in [-0.15, -0.1) is 0 Å². The highest BCUT2D eigenvalue weighted by Crippen LogP contribution is 2.24. The van der Waals surface area contributed by atoms with E-state index in [-0.39, 0.29) is 17.7 Å². The van der Waals surface area contributed by atoms with E-state index in [0.29, 0.717) is 32.2 Å². The molecule has 0 radical (unpaired) electrons. The van der Waals surface area contributed by atoms with Gasteiger partial charge in [-0.05, 0) is 37.8 Å². The van der Waals surface area contributed by atoms with Crippen LogP contribution >= 0.6 is 0 Å². The molecule has 1 aromatic carbocycles. The molecular weight excluding hydrogens is 486 g/mol. The van der Waals surface area contributed by atoms with Crippen molar-refractivity contribution < 1.29 is 38.7 Å². The van der Waals surface area contributed by atoms with Gasteiger partial charge in [-0.25, -0.2) is 0 Å². The van der Waals surface area contributed by atoms with Crippen LogP contribution in [0.2, 0.25) is 0 Å². The van der Waals surface area contributed by atoms with E-state index in [1.165, 1.54) is 21.9 Å². The van der Waals surface area contributed by atoms with Crippen LogP contribution in [0.3, 0.4) is 0 Å². The zero-order valence-corrected chi connectivity index (χ0v) is 20.0. The first-order valence-electron chi connectivity index (χ1n) is 12.0. The Morgan fingerprint density at radius 3 is 1.78 bits per heavy atom. The second-order valence-corrected chi connectivity index (χ2v) is 9.06. The van der Waals surface area contributed by atoms with E-state index in [1.54, 1.807) is 12.1 Å². The number of imide groups is 1. The number of amides is 6. The normalized spacial score (nSPS) is 20.7. The molecule has 2 fully saturated rings. The molecule has 13 heteroatoms. The molecule has 0 spiro atoms. The predicted octanol–water partition coefficient (Wildman–Crippen LogP) is -1.42. The fourth-order valence-electron chi connectivity index (χ4n) is 4.95. The first kappa shape index (κ1) is 25.8. The van der Waals surface area contributed by atoms with Crippen LogP contribution in [0.25, 0.3) is 0 Å². The molecular formula is C24H27N5O8. The molecule has 196 valence electrons. The summed E-state index contributed by atoms with van der Waals surface area (Å²) in [6.45, 7) is -0.866. The van der Waals surface area contributed by atoms with E-state index in [1.807, 2.05) is 0 Å². The highest BCUT2D eigenvalue weighted by Gasteiger charge is 2.40. The van der Waals surface area contributed by atoms with Gasteiger partial charge < -0.3 is 25.5 Å². The van der Waals surface area contributed by atoms with Crippen LogP contribution in [0.4, 0.5) is 0 Å². The molecule has 1 aromatic rings. The Bertz CT molecular complexity index is 1130. The van der Waals surface area contributed by atoms with E-state index >= 15 is 0 Å². The summed E-state index contributed by atoms with van der Waals surface area (Å²) in [6, 6.07) is 4.62. The van der Waals surface area contributed by atoms with Crippen LogP contribution in [0.5, 0.6) is 0 Å². The van der Waals surface area contributed by atoms with Gasteiger partial charge in [0.25, 0.3) is 11.8 Å². The lowest BCUT2D eigenvalue weighted by molar-refractivity contribution is -0.142. The van der Waals surface area contributed by atoms with Crippen LogP contribution in [0.1, 0.15) is 46.4 Å². The summed E-state index contributed by atoms with van der Waals surface area (Å²) in [7, 11) is 0. The van der Waals surface area contributed by atoms with Gasteiger partial charge in [0.1, 0.15) is 25.2 Å². The molecule has 37 heavy (non-hydrogen) atoms. The molecule has 0 unspecified atom stereocenters. The molecule has 4 rings (SSSR count). The zero-order valence-electron chi connectivity index (χ0n) is 20.0. The molecule has 0 bridgehead atoms. The van der Waals surface area contributed by atoms with Crippen molar-refractivity contribution in [2.75, 3.05) is 32.7 Å². The Morgan fingerprint density at radius 2 is 1.27 bits per heavy atom. The number of benzene rings is 1. The number of carboxylic acids is 1. The van der Waals surface area contributed by atoms with Gasteiger partial charge in [0.05, 0.1) is 17.7 Å². The van der Waals surface area contributed by atoms with E-state index in [0.717, 1.165) is 4.90 Å². The number of aliphatic carboxylic acids is 1. The predicted molar refractivity (Wildman–Crippen MR) is 125 cm³/mol. The molecule has 0 aliphatic carbocycles. The number of fused-ring (bicyclic) bond motifs is 1. The lowest BCUT2D eigenvalue weighted by Gasteiger charge is -2.27. The topological polar surface area (TPSA) is 174 Å². The summed E-state index contributed by atoms with van der Waals surface area (Å²) in [5.41, 5.74) is 0.456. The van der Waals surface area contributed by atoms with Crippen LogP contribution in [0.15, 0.2) is 24.3 Å². The number of carbonyl (C=O) groups excluding carboxylic acids is 6. The summed E-state index contributed by atoms with van der Waals surface area (Å²) in [4.78, 5) is 90.1. The average Bonchev–Trinajstić information content (AvgIpc) is 3.62. The molecule has 3 N–H and O–H groups in total. The van der Waals surface area contributed by atoms with Crippen LogP contribution < -0.4 is 10.6 Å². The Morgan fingerprint density at radius 1 is 0.784 bits per heavy atom. The SMILES string of the molecule is O=C(O)CNC(=O)[C@@H]1CCCN1C(=O)CNC(=O)[C@@H]1CCCN1C(=O)CN1C(=O)c2ccccc2C1=O. The number of nitrogens with zero attached hydrogens (tertiary/aromatic N) is 3. The van der Waals surface area contributed by atoms with Crippen molar-refractivity contribution in [2.45, 2.75) is 37.8 Å². The minimum Gasteiger partial charge on any atom is -0.480 e.